The molecule has 7 heteroatoms. The summed E-state index contributed by atoms with van der Waals surface area (Å²) in [7, 11) is 0. The first-order valence-corrected chi connectivity index (χ1v) is 20.5. The van der Waals surface area contributed by atoms with Crippen molar-refractivity contribution in [1.82, 2.24) is 0 Å². The highest BCUT2D eigenvalue weighted by Crippen LogP contribution is 2.41. The second-order valence-corrected chi connectivity index (χ2v) is 15.3. The van der Waals surface area contributed by atoms with E-state index in [4.69, 9.17) is 23.7 Å². The van der Waals surface area contributed by atoms with Crippen LogP contribution in [0.5, 0.6) is 17.2 Å². The number of rotatable bonds is 17. The van der Waals surface area contributed by atoms with E-state index in [0.717, 1.165) is 108 Å². The van der Waals surface area contributed by atoms with Crippen LogP contribution in [0.4, 0.5) is 0 Å². The molecule has 0 aliphatic carbocycles. The first kappa shape index (κ1) is 39.5. The minimum atomic E-state index is -0.445. The summed E-state index contributed by atoms with van der Waals surface area (Å²) in [5.41, 5.74) is 4.83. The lowest BCUT2D eigenvalue weighted by molar-refractivity contribution is -0.150. The summed E-state index contributed by atoms with van der Waals surface area (Å²) >= 11 is 0. The molecule has 0 aromatic heterocycles. The predicted molar refractivity (Wildman–Crippen MR) is 233 cm³/mol. The van der Waals surface area contributed by atoms with Crippen LogP contribution in [0, 0.1) is 5.41 Å². The maximum atomic E-state index is 13.6. The molecule has 7 aromatic rings. The summed E-state index contributed by atoms with van der Waals surface area (Å²) in [6.45, 7) is 6.06. The average Bonchev–Trinajstić information content (AvgIpc) is 3.27. The zero-order chi connectivity index (χ0) is 40.4. The molecule has 1 aliphatic heterocycles. The molecule has 298 valence electrons. The molecule has 0 bridgehead atoms. The number of ether oxygens (including phenoxy) is 5. The van der Waals surface area contributed by atoms with Crippen molar-refractivity contribution >= 4 is 33.5 Å². The van der Waals surface area contributed by atoms with Crippen LogP contribution in [0.25, 0.3) is 43.8 Å². The van der Waals surface area contributed by atoms with Gasteiger partial charge in [-0.2, -0.15) is 0 Å². The van der Waals surface area contributed by atoms with Crippen molar-refractivity contribution in [2.75, 3.05) is 33.0 Å². The van der Waals surface area contributed by atoms with Crippen LogP contribution < -0.4 is 14.2 Å². The number of carbonyl (C=O) groups excluding carboxylic acids is 2. The van der Waals surface area contributed by atoms with Crippen LogP contribution in [0.2, 0.25) is 0 Å². The number of benzene rings is 7. The average molecular weight is 785 g/mol. The minimum absolute atomic E-state index is 0.246. The van der Waals surface area contributed by atoms with Gasteiger partial charge >= 0.3 is 11.9 Å². The van der Waals surface area contributed by atoms with Gasteiger partial charge in [0.15, 0.2) is 0 Å². The first-order chi connectivity index (χ1) is 29.0. The van der Waals surface area contributed by atoms with Gasteiger partial charge in [-0.3, -0.25) is 0 Å². The number of fused-ring (bicyclic) bond motifs is 2. The summed E-state index contributed by atoms with van der Waals surface area (Å²) in [5, 5.41) is 4.28. The van der Waals surface area contributed by atoms with Crippen molar-refractivity contribution in [3.8, 4) is 39.5 Å². The fourth-order valence-corrected chi connectivity index (χ4v) is 7.50. The van der Waals surface area contributed by atoms with Crippen LogP contribution in [0.3, 0.4) is 0 Å². The Morgan fingerprint density at radius 3 is 1.81 bits per heavy atom. The second kappa shape index (κ2) is 18.5. The zero-order valence-electron chi connectivity index (χ0n) is 33.4. The maximum Gasteiger partial charge on any atom is 0.343 e. The van der Waals surface area contributed by atoms with Gasteiger partial charge in [-0.25, -0.2) is 9.59 Å². The Balaban J connectivity index is 0.822. The molecular weight excluding hydrogens is 737 g/mol. The lowest BCUT2D eigenvalue weighted by atomic mass is 9.84. The second-order valence-electron chi connectivity index (χ2n) is 15.3. The van der Waals surface area contributed by atoms with Gasteiger partial charge in [-0.15, -0.1) is 0 Å². The van der Waals surface area contributed by atoms with Crippen LogP contribution in [0.1, 0.15) is 59.7 Å². The Labute approximate surface area is 345 Å². The molecule has 59 heavy (non-hydrogen) atoms. The highest BCUT2D eigenvalue weighted by molar-refractivity contribution is 6.08. The van der Waals surface area contributed by atoms with Crippen molar-refractivity contribution < 1.29 is 33.3 Å². The van der Waals surface area contributed by atoms with Gasteiger partial charge in [0.2, 0.25) is 0 Å². The maximum absolute atomic E-state index is 13.6. The lowest BCUT2D eigenvalue weighted by Gasteiger charge is -2.40. The smallest absolute Gasteiger partial charge is 0.343 e. The summed E-state index contributed by atoms with van der Waals surface area (Å²) in [6.07, 6.45) is 5.30. The molecule has 0 radical (unpaired) electrons. The molecule has 7 aromatic carbocycles. The molecule has 1 heterocycles. The van der Waals surface area contributed by atoms with Gasteiger partial charge in [0.05, 0.1) is 37.6 Å². The van der Waals surface area contributed by atoms with Crippen molar-refractivity contribution in [3.05, 3.63) is 163 Å². The van der Waals surface area contributed by atoms with E-state index in [2.05, 4.69) is 43.3 Å². The Hall–Kier alpha value is -6.28. The summed E-state index contributed by atoms with van der Waals surface area (Å²) in [6, 6.07) is 48.1. The highest BCUT2D eigenvalue weighted by Gasteiger charge is 2.36. The molecule has 0 spiro atoms. The monoisotopic (exact) mass is 784 g/mol. The summed E-state index contributed by atoms with van der Waals surface area (Å²) in [4.78, 5) is 26.5. The van der Waals surface area contributed by atoms with Gasteiger partial charge < -0.3 is 23.7 Å². The zero-order valence-corrected chi connectivity index (χ0v) is 33.4. The standard InChI is InChI=1S/C52H48O7/c1-2-52(35-56-36-52)34-55-32-9-3-4-10-33-57-43-27-24-42(25-28-43)50(53)58-44-29-22-38(23-30-44)37-18-20-41(21-19-37)51(54)59-48-31-26-40-13-6-8-16-46(40)49(48)47-17-11-14-39-12-5-7-15-45(39)47/h5-8,11-31H,2-4,9-10,32-36H2,1H3. The fourth-order valence-electron chi connectivity index (χ4n) is 7.50. The largest absolute Gasteiger partial charge is 0.494 e. The molecule has 0 N–H and O–H groups in total. The van der Waals surface area contributed by atoms with Crippen LogP contribution in [-0.2, 0) is 9.47 Å². The molecule has 1 saturated heterocycles. The summed E-state index contributed by atoms with van der Waals surface area (Å²) < 4.78 is 28.9. The Morgan fingerprint density at radius 1 is 0.559 bits per heavy atom. The highest BCUT2D eigenvalue weighted by atomic mass is 16.5. The SMILES string of the molecule is CCC1(COCCCCCCOc2ccc(C(=O)Oc3ccc(-c4ccc(C(=O)Oc5ccc6ccccc6c5-c5cccc6ccccc56)cc4)cc3)cc2)COC1. The van der Waals surface area contributed by atoms with E-state index in [1.165, 1.54) is 0 Å². The molecule has 8 rings (SSSR count). The van der Waals surface area contributed by atoms with E-state index < -0.39 is 11.9 Å². The topological polar surface area (TPSA) is 80.3 Å². The third kappa shape index (κ3) is 9.38. The molecule has 0 saturated carbocycles. The van der Waals surface area contributed by atoms with Crippen LogP contribution >= 0.6 is 0 Å². The molecule has 7 nitrogen and oxygen atoms in total. The Morgan fingerprint density at radius 2 is 1.14 bits per heavy atom. The van der Waals surface area contributed by atoms with Gasteiger partial charge in [-0.1, -0.05) is 110 Å². The van der Waals surface area contributed by atoms with E-state index in [0.29, 0.717) is 29.2 Å². The number of esters is 2. The van der Waals surface area contributed by atoms with Gasteiger partial charge in [-0.05, 0) is 119 Å². The van der Waals surface area contributed by atoms with Gasteiger partial charge in [0.1, 0.15) is 17.2 Å². The quantitative estimate of drug-likeness (QED) is 0.0517. The molecule has 1 aliphatic rings. The number of unbranched alkanes of at least 4 members (excludes halogenated alkanes) is 3. The van der Waals surface area contributed by atoms with Crippen molar-refractivity contribution in [1.29, 1.82) is 0 Å². The first-order valence-electron chi connectivity index (χ1n) is 20.5. The summed E-state index contributed by atoms with van der Waals surface area (Å²) in [5.74, 6) is 0.773. The van der Waals surface area contributed by atoms with Crippen molar-refractivity contribution in [3.63, 3.8) is 0 Å². The molecule has 1 fully saturated rings. The van der Waals surface area contributed by atoms with E-state index in [9.17, 15) is 9.59 Å². The molecule has 0 amide bonds. The molecule has 0 unspecified atom stereocenters. The lowest BCUT2D eigenvalue weighted by Crippen LogP contribution is -2.45. The third-order valence-electron chi connectivity index (χ3n) is 11.2. The van der Waals surface area contributed by atoms with Crippen molar-refractivity contribution in [2.24, 2.45) is 5.41 Å². The van der Waals surface area contributed by atoms with Crippen LogP contribution in [0.15, 0.2) is 152 Å². The Kier molecular flexibility index (Phi) is 12.4. The van der Waals surface area contributed by atoms with Crippen molar-refractivity contribution in [2.45, 2.75) is 39.0 Å². The van der Waals surface area contributed by atoms with E-state index >= 15 is 0 Å². The normalized spacial score (nSPS) is 13.2. The van der Waals surface area contributed by atoms with E-state index in [1.807, 2.05) is 66.7 Å². The molecule has 0 atom stereocenters. The number of carbonyl (C=O) groups is 2. The van der Waals surface area contributed by atoms with Crippen LogP contribution in [-0.4, -0.2) is 45.0 Å². The minimum Gasteiger partial charge on any atom is -0.494 e. The Bertz CT molecular complexity index is 2510. The molecular formula is C52H48O7. The van der Waals surface area contributed by atoms with E-state index in [-0.39, 0.29) is 5.41 Å². The van der Waals surface area contributed by atoms with Gasteiger partial charge in [0.25, 0.3) is 0 Å². The number of hydrogen-bond acceptors (Lipinski definition) is 7. The fraction of sp³-hybridized carbons (Fsp3) is 0.231. The van der Waals surface area contributed by atoms with E-state index in [1.54, 1.807) is 48.5 Å². The number of hydrogen-bond donors (Lipinski definition) is 0. The third-order valence-corrected chi connectivity index (χ3v) is 11.2. The van der Waals surface area contributed by atoms with Gasteiger partial charge in [0, 0.05) is 17.6 Å². The predicted octanol–water partition coefficient (Wildman–Crippen LogP) is 12.1.